The van der Waals surface area contributed by atoms with E-state index in [1.807, 2.05) is 6.92 Å². The lowest BCUT2D eigenvalue weighted by molar-refractivity contribution is -0.930. The van der Waals surface area contributed by atoms with Gasteiger partial charge in [-0.25, -0.2) is 8.42 Å². The molecule has 0 aromatic rings. The van der Waals surface area contributed by atoms with Gasteiger partial charge in [-0.3, -0.25) is 0 Å². The molecular weight excluding hydrogens is 260 g/mol. The fourth-order valence-corrected chi connectivity index (χ4v) is 5.03. The van der Waals surface area contributed by atoms with E-state index in [1.54, 1.807) is 9.21 Å². The van der Waals surface area contributed by atoms with E-state index in [1.165, 1.54) is 25.7 Å². The third kappa shape index (κ3) is 3.92. The molecule has 1 saturated carbocycles. The summed E-state index contributed by atoms with van der Waals surface area (Å²) in [4.78, 5) is 1.65. The lowest BCUT2D eigenvalue weighted by atomic mass is 9.86. The summed E-state index contributed by atoms with van der Waals surface area (Å²) in [5.41, 5.74) is 0. The lowest BCUT2D eigenvalue weighted by Crippen LogP contribution is -3.18. The van der Waals surface area contributed by atoms with Crippen LogP contribution in [0.1, 0.15) is 46.0 Å². The highest BCUT2D eigenvalue weighted by atomic mass is 32.2. The number of piperazine rings is 1. The van der Waals surface area contributed by atoms with Gasteiger partial charge in [-0.05, 0) is 38.0 Å². The number of nitrogens with one attached hydrogen (secondary N) is 1. The number of hydrogen-bond acceptors (Lipinski definition) is 2. The quantitative estimate of drug-likeness (QED) is 0.819. The topological polar surface area (TPSA) is 41.8 Å². The van der Waals surface area contributed by atoms with Crippen LogP contribution in [-0.2, 0) is 10.0 Å². The molecule has 19 heavy (non-hydrogen) atoms. The van der Waals surface area contributed by atoms with Gasteiger partial charge in [-0.1, -0.05) is 13.8 Å². The average molecular weight is 289 g/mol. The van der Waals surface area contributed by atoms with Gasteiger partial charge in [0.2, 0.25) is 10.0 Å². The Labute approximate surface area is 118 Å². The third-order valence-corrected chi connectivity index (χ3v) is 6.89. The number of sulfonamides is 1. The monoisotopic (exact) mass is 289 g/mol. The summed E-state index contributed by atoms with van der Waals surface area (Å²) in [6.07, 6.45) is 6.09. The van der Waals surface area contributed by atoms with Gasteiger partial charge < -0.3 is 4.90 Å². The predicted molar refractivity (Wildman–Crippen MR) is 77.8 cm³/mol. The zero-order chi connectivity index (χ0) is 13.9. The summed E-state index contributed by atoms with van der Waals surface area (Å²) in [5, 5.41) is 0. The Morgan fingerprint density at radius 3 is 2.21 bits per heavy atom. The Hall–Kier alpha value is -0.130. The maximum absolute atomic E-state index is 12.0. The van der Waals surface area contributed by atoms with Gasteiger partial charge in [0, 0.05) is 0 Å². The molecule has 1 heterocycles. The third-order valence-electron chi connectivity index (χ3n) is 4.81. The summed E-state index contributed by atoms with van der Waals surface area (Å²) in [6.45, 7) is 7.74. The van der Waals surface area contributed by atoms with E-state index in [-0.39, 0.29) is 0 Å². The second-order valence-corrected chi connectivity index (χ2v) is 8.42. The van der Waals surface area contributed by atoms with Gasteiger partial charge in [0.25, 0.3) is 0 Å². The van der Waals surface area contributed by atoms with E-state index in [4.69, 9.17) is 0 Å². The summed E-state index contributed by atoms with van der Waals surface area (Å²) in [5.74, 6) is 1.20. The molecule has 1 N–H and O–H groups in total. The van der Waals surface area contributed by atoms with Crippen molar-refractivity contribution in [3.63, 3.8) is 0 Å². The first-order chi connectivity index (χ1) is 9.03. The van der Waals surface area contributed by atoms with Crippen molar-refractivity contribution in [3.05, 3.63) is 0 Å². The van der Waals surface area contributed by atoms with Gasteiger partial charge >= 0.3 is 0 Å². The molecule has 2 rings (SSSR count). The number of hydrogen-bond donors (Lipinski definition) is 1. The van der Waals surface area contributed by atoms with Crippen LogP contribution in [-0.4, -0.2) is 50.7 Å². The zero-order valence-electron chi connectivity index (χ0n) is 12.4. The van der Waals surface area contributed by atoms with Gasteiger partial charge in [0.1, 0.15) is 0 Å². The van der Waals surface area contributed by atoms with Crippen molar-refractivity contribution in [2.24, 2.45) is 5.92 Å². The standard InChI is InChI=1S/C14H28N2O2S/c1-3-12-19(17,18)16-10-8-15(9-11-16)14-6-4-13(2)5-7-14/h13-14H,3-12H2,1-2H3/p+1. The van der Waals surface area contributed by atoms with Crippen LogP contribution in [0.4, 0.5) is 0 Å². The van der Waals surface area contributed by atoms with Crippen LogP contribution < -0.4 is 4.90 Å². The van der Waals surface area contributed by atoms with E-state index in [0.717, 1.165) is 44.6 Å². The molecule has 1 aliphatic heterocycles. The van der Waals surface area contributed by atoms with Crippen molar-refractivity contribution < 1.29 is 13.3 Å². The normalized spacial score (nSPS) is 31.5. The van der Waals surface area contributed by atoms with Crippen LogP contribution in [0.15, 0.2) is 0 Å². The van der Waals surface area contributed by atoms with Crippen molar-refractivity contribution in [2.45, 2.75) is 52.0 Å². The molecule has 0 amide bonds. The van der Waals surface area contributed by atoms with Crippen molar-refractivity contribution in [3.8, 4) is 0 Å². The van der Waals surface area contributed by atoms with Crippen molar-refractivity contribution in [1.29, 1.82) is 0 Å². The highest BCUT2D eigenvalue weighted by Crippen LogP contribution is 2.22. The van der Waals surface area contributed by atoms with Crippen LogP contribution in [0, 0.1) is 5.92 Å². The van der Waals surface area contributed by atoms with Gasteiger partial charge in [0.15, 0.2) is 0 Å². The average Bonchev–Trinajstić information content (AvgIpc) is 2.40. The number of rotatable bonds is 4. The highest BCUT2D eigenvalue weighted by Gasteiger charge is 2.33. The molecule has 0 atom stereocenters. The second-order valence-electron chi connectivity index (χ2n) is 6.33. The van der Waals surface area contributed by atoms with Crippen LogP contribution in [0.2, 0.25) is 0 Å². The molecule has 0 bridgehead atoms. The molecule has 2 fully saturated rings. The molecular formula is C14H29N2O2S+. The van der Waals surface area contributed by atoms with Gasteiger partial charge in [-0.2, -0.15) is 4.31 Å². The summed E-state index contributed by atoms with van der Waals surface area (Å²) >= 11 is 0. The van der Waals surface area contributed by atoms with Crippen molar-refractivity contribution in [2.75, 3.05) is 31.9 Å². The number of nitrogens with zero attached hydrogens (tertiary/aromatic N) is 1. The minimum atomic E-state index is -2.98. The Morgan fingerprint density at radius 2 is 1.68 bits per heavy atom. The van der Waals surface area contributed by atoms with E-state index >= 15 is 0 Å². The Kier molecular flexibility index (Phi) is 5.26. The van der Waals surface area contributed by atoms with Crippen molar-refractivity contribution in [1.82, 2.24) is 4.31 Å². The molecule has 4 nitrogen and oxygen atoms in total. The van der Waals surface area contributed by atoms with Crippen LogP contribution in [0.5, 0.6) is 0 Å². The van der Waals surface area contributed by atoms with Gasteiger partial charge in [-0.15, -0.1) is 0 Å². The SMILES string of the molecule is CCCS(=O)(=O)N1CC[NH+](C2CCC(C)CC2)CC1. The Bertz CT molecular complexity index is 367. The first kappa shape index (κ1) is 15.3. The minimum absolute atomic E-state index is 0.309. The fourth-order valence-electron chi connectivity index (χ4n) is 3.52. The molecule has 0 unspecified atom stereocenters. The van der Waals surface area contributed by atoms with E-state index in [2.05, 4.69) is 6.92 Å². The van der Waals surface area contributed by atoms with E-state index in [0.29, 0.717) is 5.75 Å². The van der Waals surface area contributed by atoms with Crippen LogP contribution in [0.25, 0.3) is 0 Å². The fraction of sp³-hybridized carbons (Fsp3) is 1.00. The summed E-state index contributed by atoms with van der Waals surface area (Å²) in [6, 6.07) is 0.784. The first-order valence-corrected chi connectivity index (χ1v) is 9.46. The van der Waals surface area contributed by atoms with Crippen LogP contribution >= 0.6 is 0 Å². The van der Waals surface area contributed by atoms with Crippen LogP contribution in [0.3, 0.4) is 0 Å². The largest absolute Gasteiger partial charge is 0.330 e. The van der Waals surface area contributed by atoms with E-state index < -0.39 is 10.0 Å². The van der Waals surface area contributed by atoms with Crippen molar-refractivity contribution >= 4 is 10.0 Å². The molecule has 112 valence electrons. The molecule has 2 aliphatic rings. The smallest absolute Gasteiger partial charge is 0.214 e. The number of quaternary nitrogens is 1. The molecule has 0 radical (unpaired) electrons. The minimum Gasteiger partial charge on any atom is -0.330 e. The molecule has 0 aromatic carbocycles. The molecule has 5 heteroatoms. The van der Waals surface area contributed by atoms with Gasteiger partial charge in [0.05, 0.1) is 38.0 Å². The highest BCUT2D eigenvalue weighted by molar-refractivity contribution is 7.89. The lowest BCUT2D eigenvalue weighted by Gasteiger charge is -2.38. The Balaban J connectivity index is 1.82. The molecule has 0 aromatic heterocycles. The second kappa shape index (κ2) is 6.55. The molecule has 0 spiro atoms. The Morgan fingerprint density at radius 1 is 1.11 bits per heavy atom. The molecule has 1 saturated heterocycles. The predicted octanol–water partition coefficient (Wildman–Crippen LogP) is 0.505. The molecule has 1 aliphatic carbocycles. The zero-order valence-corrected chi connectivity index (χ0v) is 13.2. The summed E-state index contributed by atoms with van der Waals surface area (Å²) in [7, 11) is -2.98. The van der Waals surface area contributed by atoms with E-state index in [9.17, 15) is 8.42 Å². The maximum atomic E-state index is 12.0. The first-order valence-electron chi connectivity index (χ1n) is 7.85. The maximum Gasteiger partial charge on any atom is 0.214 e. The summed E-state index contributed by atoms with van der Waals surface area (Å²) < 4.78 is 25.8.